The Labute approximate surface area is 159 Å². The zero-order valence-corrected chi connectivity index (χ0v) is 15.4. The van der Waals surface area contributed by atoms with Gasteiger partial charge in [-0.05, 0) is 23.8 Å². The van der Waals surface area contributed by atoms with E-state index in [4.69, 9.17) is 9.47 Å². The number of aromatic nitrogens is 1. The van der Waals surface area contributed by atoms with Gasteiger partial charge in [0.2, 0.25) is 5.13 Å². The topological polar surface area (TPSA) is 98.9 Å². The molecule has 9 heteroatoms. The summed E-state index contributed by atoms with van der Waals surface area (Å²) in [6.07, 6.45) is 1.64. The number of thiazole rings is 1. The van der Waals surface area contributed by atoms with Crippen molar-refractivity contribution >= 4 is 28.4 Å². The number of benzene rings is 2. The van der Waals surface area contributed by atoms with Crippen LogP contribution in [0.25, 0.3) is 11.3 Å². The molecule has 0 spiro atoms. The normalized spacial score (nSPS) is 10.7. The van der Waals surface area contributed by atoms with Crippen LogP contribution >= 0.6 is 11.3 Å². The third kappa shape index (κ3) is 4.39. The Kier molecular flexibility index (Phi) is 5.62. The molecule has 1 heterocycles. The molecule has 0 fully saturated rings. The van der Waals surface area contributed by atoms with Gasteiger partial charge in [0.1, 0.15) is 0 Å². The maximum absolute atomic E-state index is 10.9. The molecule has 1 N–H and O–H groups in total. The highest BCUT2D eigenvalue weighted by Crippen LogP contribution is 2.28. The smallest absolute Gasteiger partial charge is 0.270 e. The zero-order chi connectivity index (χ0) is 19.2. The number of non-ortho nitro benzene ring substituents is 1. The third-order valence-electron chi connectivity index (χ3n) is 3.64. The summed E-state index contributed by atoms with van der Waals surface area (Å²) in [7, 11) is 3.15. The van der Waals surface area contributed by atoms with Gasteiger partial charge in [-0.1, -0.05) is 12.1 Å². The summed E-state index contributed by atoms with van der Waals surface area (Å²) in [4.78, 5) is 14.9. The van der Waals surface area contributed by atoms with Crippen LogP contribution in [0.2, 0.25) is 0 Å². The first kappa shape index (κ1) is 18.3. The second-order valence-corrected chi connectivity index (χ2v) is 6.19. The summed E-state index contributed by atoms with van der Waals surface area (Å²) in [5, 5.41) is 17.4. The van der Waals surface area contributed by atoms with Crippen molar-refractivity contribution in [2.24, 2.45) is 5.10 Å². The van der Waals surface area contributed by atoms with Crippen molar-refractivity contribution in [2.75, 3.05) is 19.6 Å². The van der Waals surface area contributed by atoms with E-state index in [1.165, 1.54) is 23.5 Å². The highest BCUT2D eigenvalue weighted by Gasteiger charge is 2.10. The van der Waals surface area contributed by atoms with Crippen molar-refractivity contribution in [3.63, 3.8) is 0 Å². The van der Waals surface area contributed by atoms with Crippen molar-refractivity contribution in [1.29, 1.82) is 0 Å². The molecule has 1 aromatic heterocycles. The Bertz CT molecular complexity index is 987. The molecular formula is C18H16N4O4S. The number of hydrazone groups is 1. The number of nitro groups is 1. The number of ether oxygens (including phenoxy) is 2. The van der Waals surface area contributed by atoms with Crippen LogP contribution in [-0.2, 0) is 0 Å². The first-order valence-electron chi connectivity index (χ1n) is 7.82. The molecule has 0 unspecified atom stereocenters. The molecule has 0 aliphatic carbocycles. The lowest BCUT2D eigenvalue weighted by atomic mass is 10.1. The van der Waals surface area contributed by atoms with Gasteiger partial charge in [-0.25, -0.2) is 4.98 Å². The van der Waals surface area contributed by atoms with Gasteiger partial charge in [0, 0.05) is 23.1 Å². The molecule has 8 nitrogen and oxygen atoms in total. The van der Waals surface area contributed by atoms with Gasteiger partial charge < -0.3 is 9.47 Å². The first-order chi connectivity index (χ1) is 13.1. The van der Waals surface area contributed by atoms with Gasteiger partial charge in [0.15, 0.2) is 11.5 Å². The number of nitrogens with zero attached hydrogens (tertiary/aromatic N) is 3. The molecule has 0 saturated carbocycles. The van der Waals surface area contributed by atoms with E-state index in [1.807, 2.05) is 11.4 Å². The number of anilines is 1. The second kappa shape index (κ2) is 8.28. The van der Waals surface area contributed by atoms with E-state index in [-0.39, 0.29) is 5.69 Å². The Morgan fingerprint density at radius 2 is 2.00 bits per heavy atom. The Morgan fingerprint density at radius 1 is 1.19 bits per heavy atom. The maximum atomic E-state index is 10.9. The third-order valence-corrected chi connectivity index (χ3v) is 4.39. The van der Waals surface area contributed by atoms with Crippen LogP contribution in [-0.4, -0.2) is 30.3 Å². The SMILES string of the molecule is COc1ccc(/C=N/Nc2nc(-c3cccc([N+](=O)[O-])c3)cs2)cc1OC. The average molecular weight is 384 g/mol. The van der Waals surface area contributed by atoms with E-state index in [2.05, 4.69) is 15.5 Å². The van der Waals surface area contributed by atoms with Gasteiger partial charge >= 0.3 is 0 Å². The van der Waals surface area contributed by atoms with Crippen LogP contribution in [0.5, 0.6) is 11.5 Å². The van der Waals surface area contributed by atoms with Crippen LogP contribution in [0.3, 0.4) is 0 Å². The van der Waals surface area contributed by atoms with E-state index in [9.17, 15) is 10.1 Å². The summed E-state index contributed by atoms with van der Waals surface area (Å²) < 4.78 is 10.5. The quantitative estimate of drug-likeness (QED) is 0.373. The van der Waals surface area contributed by atoms with Crippen molar-refractivity contribution in [1.82, 2.24) is 4.98 Å². The molecule has 138 valence electrons. The molecule has 3 rings (SSSR count). The van der Waals surface area contributed by atoms with Crippen LogP contribution in [0.15, 0.2) is 52.9 Å². The van der Waals surface area contributed by atoms with Crippen LogP contribution < -0.4 is 14.9 Å². The van der Waals surface area contributed by atoms with Crippen molar-refractivity contribution in [3.8, 4) is 22.8 Å². The Hall–Kier alpha value is -3.46. The summed E-state index contributed by atoms with van der Waals surface area (Å²) in [6.45, 7) is 0. The molecule has 0 saturated heterocycles. The lowest BCUT2D eigenvalue weighted by molar-refractivity contribution is -0.384. The maximum Gasteiger partial charge on any atom is 0.270 e. The van der Waals surface area contributed by atoms with Gasteiger partial charge in [-0.3, -0.25) is 15.5 Å². The summed E-state index contributed by atoms with van der Waals surface area (Å²) in [6, 6.07) is 11.8. The second-order valence-electron chi connectivity index (χ2n) is 5.33. The molecular weight excluding hydrogens is 368 g/mol. The Balaban J connectivity index is 1.70. The van der Waals surface area contributed by atoms with Crippen molar-refractivity contribution < 1.29 is 14.4 Å². The largest absolute Gasteiger partial charge is 0.493 e. The first-order valence-corrected chi connectivity index (χ1v) is 8.70. The molecule has 27 heavy (non-hydrogen) atoms. The number of rotatable bonds is 7. The summed E-state index contributed by atoms with van der Waals surface area (Å²) in [5.41, 5.74) is 5.04. The minimum absolute atomic E-state index is 0.0292. The van der Waals surface area contributed by atoms with Gasteiger partial charge in [-0.2, -0.15) is 5.10 Å². The molecule has 2 aromatic carbocycles. The van der Waals surface area contributed by atoms with E-state index >= 15 is 0 Å². The van der Waals surface area contributed by atoms with E-state index in [0.29, 0.717) is 27.9 Å². The number of hydrogen-bond donors (Lipinski definition) is 1. The predicted octanol–water partition coefficient (Wildman–Crippen LogP) is 4.18. The minimum atomic E-state index is -0.428. The van der Waals surface area contributed by atoms with Crippen LogP contribution in [0.4, 0.5) is 10.8 Å². The standard InChI is InChI=1S/C18H16N4O4S/c1-25-16-7-6-12(8-17(16)26-2)10-19-21-18-20-15(11-27-18)13-4-3-5-14(9-13)22(23)24/h3-11H,1-2H3,(H,20,21)/b19-10+. The van der Waals surface area contributed by atoms with E-state index in [0.717, 1.165) is 5.56 Å². The lowest BCUT2D eigenvalue weighted by Crippen LogP contribution is -1.94. The minimum Gasteiger partial charge on any atom is -0.493 e. The predicted molar refractivity (Wildman–Crippen MR) is 105 cm³/mol. The zero-order valence-electron chi connectivity index (χ0n) is 14.6. The fraction of sp³-hybridized carbons (Fsp3) is 0.111. The number of hydrogen-bond acceptors (Lipinski definition) is 8. The van der Waals surface area contributed by atoms with Gasteiger partial charge in [-0.15, -0.1) is 11.3 Å². The fourth-order valence-electron chi connectivity index (χ4n) is 2.33. The molecule has 0 aliphatic rings. The molecule has 3 aromatic rings. The number of nitrogens with one attached hydrogen (secondary N) is 1. The lowest BCUT2D eigenvalue weighted by Gasteiger charge is -2.07. The highest BCUT2D eigenvalue weighted by molar-refractivity contribution is 7.14. The highest BCUT2D eigenvalue weighted by atomic mass is 32.1. The monoisotopic (exact) mass is 384 g/mol. The summed E-state index contributed by atoms with van der Waals surface area (Å²) in [5.74, 6) is 1.26. The fourth-order valence-corrected chi connectivity index (χ4v) is 3.00. The molecule has 0 bridgehead atoms. The van der Waals surface area contributed by atoms with E-state index < -0.39 is 4.92 Å². The number of methoxy groups -OCH3 is 2. The average Bonchev–Trinajstić information content (AvgIpc) is 3.17. The van der Waals surface area contributed by atoms with Gasteiger partial charge in [0.05, 0.1) is 31.1 Å². The van der Waals surface area contributed by atoms with Crippen LogP contribution in [0, 0.1) is 10.1 Å². The van der Waals surface area contributed by atoms with E-state index in [1.54, 1.807) is 44.7 Å². The Morgan fingerprint density at radius 3 is 2.74 bits per heavy atom. The van der Waals surface area contributed by atoms with Crippen molar-refractivity contribution in [3.05, 3.63) is 63.5 Å². The van der Waals surface area contributed by atoms with Crippen LogP contribution in [0.1, 0.15) is 5.56 Å². The van der Waals surface area contributed by atoms with Gasteiger partial charge in [0.25, 0.3) is 5.69 Å². The van der Waals surface area contributed by atoms with Crippen molar-refractivity contribution in [2.45, 2.75) is 0 Å². The number of nitro benzene ring substituents is 1. The molecule has 0 radical (unpaired) electrons. The summed E-state index contributed by atoms with van der Waals surface area (Å²) >= 11 is 1.36. The molecule has 0 aliphatic heterocycles. The molecule has 0 amide bonds. The molecule has 0 atom stereocenters.